The van der Waals surface area contributed by atoms with E-state index in [1.165, 1.54) is 12.1 Å². The molecule has 1 fully saturated rings. The molecule has 6 heteroatoms. The van der Waals surface area contributed by atoms with Crippen LogP contribution < -0.4 is 5.11 Å². The Morgan fingerprint density at radius 1 is 1.15 bits per heavy atom. The van der Waals surface area contributed by atoms with Crippen LogP contribution in [0.5, 0.6) is 0 Å². The molecule has 0 bridgehead atoms. The monoisotopic (exact) mass is 276 g/mol. The highest BCUT2D eigenvalue weighted by molar-refractivity contribution is 6.39. The molecule has 0 radical (unpaired) electrons. The Morgan fingerprint density at radius 2 is 1.80 bits per heavy atom. The molecular formula is C14H14NO5-. The normalized spacial score (nSPS) is 15.8. The average molecular weight is 276 g/mol. The summed E-state index contributed by atoms with van der Waals surface area (Å²) >= 11 is 0. The van der Waals surface area contributed by atoms with Gasteiger partial charge in [-0.2, -0.15) is 0 Å². The second-order valence-corrected chi connectivity index (χ2v) is 4.98. The number of carbonyl (C=O) groups is 2. The van der Waals surface area contributed by atoms with Crippen molar-refractivity contribution in [3.05, 3.63) is 39.4 Å². The maximum absolute atomic E-state index is 11.3. The minimum Gasteiger partial charge on any atom is -0.541 e. The van der Waals surface area contributed by atoms with Crippen LogP contribution in [0, 0.1) is 10.1 Å². The molecule has 0 atom stereocenters. The van der Waals surface area contributed by atoms with E-state index in [0.29, 0.717) is 5.56 Å². The zero-order valence-corrected chi connectivity index (χ0v) is 10.8. The van der Waals surface area contributed by atoms with Gasteiger partial charge in [0.1, 0.15) is 5.97 Å². The molecule has 0 heterocycles. The van der Waals surface area contributed by atoms with Gasteiger partial charge in [0.25, 0.3) is 5.69 Å². The quantitative estimate of drug-likeness (QED) is 0.359. The molecular weight excluding hydrogens is 262 g/mol. The number of benzene rings is 1. The lowest BCUT2D eigenvalue weighted by Gasteiger charge is -2.21. The summed E-state index contributed by atoms with van der Waals surface area (Å²) in [7, 11) is 0. The Bertz CT molecular complexity index is 561. The third-order valence-electron chi connectivity index (χ3n) is 3.72. The fraction of sp³-hybridized carbons (Fsp3) is 0.429. The molecule has 0 aliphatic heterocycles. The first-order valence-electron chi connectivity index (χ1n) is 6.54. The fourth-order valence-electron chi connectivity index (χ4n) is 2.72. The van der Waals surface area contributed by atoms with Crippen LogP contribution >= 0.6 is 0 Å². The molecule has 0 N–H and O–H groups in total. The van der Waals surface area contributed by atoms with Crippen molar-refractivity contribution < 1.29 is 19.6 Å². The van der Waals surface area contributed by atoms with Gasteiger partial charge in [-0.05, 0) is 18.8 Å². The fourth-order valence-corrected chi connectivity index (χ4v) is 2.72. The first kappa shape index (κ1) is 14.2. The van der Waals surface area contributed by atoms with E-state index in [1.807, 2.05) is 0 Å². The third kappa shape index (κ3) is 2.84. The van der Waals surface area contributed by atoms with Gasteiger partial charge in [0.2, 0.25) is 5.78 Å². The predicted octanol–water partition coefficient (Wildman–Crippen LogP) is 1.58. The SMILES string of the molecule is O=C([O-])C(=O)c1ccc(C2CCCCC2)c([N+](=O)[O-])c1. The van der Waals surface area contributed by atoms with Crippen LogP contribution in [-0.4, -0.2) is 16.7 Å². The first-order chi connectivity index (χ1) is 9.50. The van der Waals surface area contributed by atoms with Crippen molar-refractivity contribution in [2.24, 2.45) is 0 Å². The zero-order chi connectivity index (χ0) is 14.7. The highest BCUT2D eigenvalue weighted by Crippen LogP contribution is 2.37. The van der Waals surface area contributed by atoms with Gasteiger partial charge in [-0.25, -0.2) is 0 Å². The molecule has 1 aromatic carbocycles. The number of carbonyl (C=O) groups excluding carboxylic acids is 2. The molecule has 1 aliphatic rings. The molecule has 0 spiro atoms. The minimum atomic E-state index is -1.86. The van der Waals surface area contributed by atoms with Crippen LogP contribution in [-0.2, 0) is 4.79 Å². The molecule has 1 saturated carbocycles. The van der Waals surface area contributed by atoms with Crippen molar-refractivity contribution >= 4 is 17.4 Å². The highest BCUT2D eigenvalue weighted by atomic mass is 16.6. The number of carboxylic acids is 1. The molecule has 2 rings (SSSR count). The van der Waals surface area contributed by atoms with Gasteiger partial charge in [0.05, 0.1) is 4.92 Å². The Balaban J connectivity index is 2.40. The zero-order valence-electron chi connectivity index (χ0n) is 10.8. The highest BCUT2D eigenvalue weighted by Gasteiger charge is 2.25. The number of rotatable bonds is 4. The van der Waals surface area contributed by atoms with Crippen molar-refractivity contribution in [3.8, 4) is 0 Å². The van der Waals surface area contributed by atoms with E-state index in [-0.39, 0.29) is 17.2 Å². The van der Waals surface area contributed by atoms with Crippen molar-refractivity contribution in [2.45, 2.75) is 38.0 Å². The number of ketones is 1. The molecule has 0 aromatic heterocycles. The van der Waals surface area contributed by atoms with Crippen molar-refractivity contribution in [1.29, 1.82) is 0 Å². The third-order valence-corrected chi connectivity index (χ3v) is 3.72. The number of hydrogen-bond donors (Lipinski definition) is 0. The van der Waals surface area contributed by atoms with Gasteiger partial charge in [-0.15, -0.1) is 0 Å². The van der Waals surface area contributed by atoms with Crippen molar-refractivity contribution in [3.63, 3.8) is 0 Å². The second kappa shape index (κ2) is 5.81. The summed E-state index contributed by atoms with van der Waals surface area (Å²) in [4.78, 5) is 32.4. The van der Waals surface area contributed by atoms with E-state index < -0.39 is 16.7 Å². The smallest absolute Gasteiger partial charge is 0.273 e. The van der Waals surface area contributed by atoms with Gasteiger partial charge in [0, 0.05) is 17.2 Å². The van der Waals surface area contributed by atoms with E-state index in [9.17, 15) is 24.8 Å². The van der Waals surface area contributed by atoms with Gasteiger partial charge in [-0.3, -0.25) is 14.9 Å². The summed E-state index contributed by atoms with van der Waals surface area (Å²) in [5.41, 5.74) is 0.199. The lowest BCUT2D eigenvalue weighted by atomic mass is 9.83. The number of hydrogen-bond acceptors (Lipinski definition) is 5. The van der Waals surface area contributed by atoms with Gasteiger partial charge < -0.3 is 9.90 Å². The second-order valence-electron chi connectivity index (χ2n) is 4.98. The molecule has 0 saturated heterocycles. The van der Waals surface area contributed by atoms with Crippen LogP contribution in [0.15, 0.2) is 18.2 Å². The predicted molar refractivity (Wildman–Crippen MR) is 68.3 cm³/mol. The summed E-state index contributed by atoms with van der Waals surface area (Å²) in [6, 6.07) is 3.88. The summed E-state index contributed by atoms with van der Waals surface area (Å²) < 4.78 is 0. The van der Waals surface area contributed by atoms with Crippen LogP contribution in [0.2, 0.25) is 0 Å². The average Bonchev–Trinajstić information content (AvgIpc) is 2.46. The molecule has 6 nitrogen and oxygen atoms in total. The standard InChI is InChI=1S/C14H15NO5/c16-13(14(17)18)10-6-7-11(12(8-10)15(19)20)9-4-2-1-3-5-9/h6-9H,1-5H2,(H,17,18)/p-1. The number of aliphatic carboxylic acids is 1. The van der Waals surface area contributed by atoms with E-state index in [2.05, 4.69) is 0 Å². The molecule has 0 unspecified atom stereocenters. The number of nitrogens with zero attached hydrogens (tertiary/aromatic N) is 1. The van der Waals surface area contributed by atoms with Crippen LogP contribution in [0.25, 0.3) is 0 Å². The lowest BCUT2D eigenvalue weighted by Crippen LogP contribution is -2.31. The van der Waals surface area contributed by atoms with Crippen molar-refractivity contribution in [1.82, 2.24) is 0 Å². The molecule has 106 valence electrons. The van der Waals surface area contributed by atoms with E-state index in [0.717, 1.165) is 38.2 Å². The Kier molecular flexibility index (Phi) is 4.12. The number of Topliss-reactive ketones (excluding diaryl/α,β-unsaturated/α-hetero) is 1. The van der Waals surface area contributed by atoms with E-state index in [1.54, 1.807) is 0 Å². The Labute approximate surface area is 115 Å². The maximum atomic E-state index is 11.3. The van der Waals surface area contributed by atoms with Crippen LogP contribution in [0.4, 0.5) is 5.69 Å². The van der Waals surface area contributed by atoms with Crippen molar-refractivity contribution in [2.75, 3.05) is 0 Å². The molecule has 0 amide bonds. The van der Waals surface area contributed by atoms with E-state index in [4.69, 9.17) is 0 Å². The Morgan fingerprint density at radius 3 is 2.35 bits per heavy atom. The van der Waals surface area contributed by atoms with Crippen LogP contribution in [0.3, 0.4) is 0 Å². The van der Waals surface area contributed by atoms with E-state index >= 15 is 0 Å². The molecule has 1 aromatic rings. The summed E-state index contributed by atoms with van der Waals surface area (Å²) in [5.74, 6) is -2.98. The lowest BCUT2D eigenvalue weighted by molar-refractivity contribution is -0.385. The molecule has 20 heavy (non-hydrogen) atoms. The van der Waals surface area contributed by atoms with Gasteiger partial charge >= 0.3 is 0 Å². The topological polar surface area (TPSA) is 100 Å². The van der Waals surface area contributed by atoms with Gasteiger partial charge in [0.15, 0.2) is 0 Å². The number of carboxylic acid groups (broad SMARTS) is 1. The first-order valence-corrected chi connectivity index (χ1v) is 6.54. The number of nitro groups is 1. The summed E-state index contributed by atoms with van der Waals surface area (Å²) in [6.45, 7) is 0. The Hall–Kier alpha value is -2.24. The molecule has 1 aliphatic carbocycles. The van der Waals surface area contributed by atoms with Crippen LogP contribution in [0.1, 0.15) is 53.9 Å². The summed E-state index contributed by atoms with van der Waals surface area (Å²) in [5, 5.41) is 21.7. The largest absolute Gasteiger partial charge is 0.541 e. The maximum Gasteiger partial charge on any atom is 0.273 e. The van der Waals surface area contributed by atoms with Gasteiger partial charge in [-0.1, -0.05) is 31.4 Å². The summed E-state index contributed by atoms with van der Waals surface area (Å²) in [6.07, 6.45) is 4.96. The number of nitro benzene ring substituents is 1. The minimum absolute atomic E-state index is 0.108.